The summed E-state index contributed by atoms with van der Waals surface area (Å²) < 4.78 is 0. The number of nitrogens with two attached hydrogens (primary N) is 1. The minimum Gasteiger partial charge on any atom is -0.508 e. The Kier molecular flexibility index (Phi) is 11.0. The number of amides is 3. The van der Waals surface area contributed by atoms with Gasteiger partial charge >= 0.3 is 11.9 Å². The molecule has 12 nitrogen and oxygen atoms in total. The molecule has 12 heteroatoms. The SMILES string of the molecule is CC(NC(=O)C(NC(=O)C(Cc1ccc(O)cc1)NC(=O)C(N)CCC(=O)O)C(C)C)C(=O)O. The molecule has 1 aromatic rings. The lowest BCUT2D eigenvalue weighted by Gasteiger charge is -2.26. The van der Waals surface area contributed by atoms with Crippen molar-refractivity contribution in [3.05, 3.63) is 29.8 Å². The maximum absolute atomic E-state index is 13.1. The zero-order chi connectivity index (χ0) is 26.0. The second-order valence-electron chi connectivity index (χ2n) is 8.27. The average Bonchev–Trinajstić information content (AvgIpc) is 2.75. The van der Waals surface area contributed by atoms with E-state index in [0.717, 1.165) is 0 Å². The summed E-state index contributed by atoms with van der Waals surface area (Å²) in [4.78, 5) is 59.9. The van der Waals surface area contributed by atoms with Gasteiger partial charge in [0.2, 0.25) is 17.7 Å². The highest BCUT2D eigenvalue weighted by atomic mass is 16.4. The smallest absolute Gasteiger partial charge is 0.325 e. The van der Waals surface area contributed by atoms with Crippen LogP contribution in [0.2, 0.25) is 0 Å². The highest BCUT2D eigenvalue weighted by Gasteiger charge is 2.31. The van der Waals surface area contributed by atoms with Gasteiger partial charge in [-0.25, -0.2) is 0 Å². The van der Waals surface area contributed by atoms with Crippen LogP contribution < -0.4 is 21.7 Å². The summed E-state index contributed by atoms with van der Waals surface area (Å²) in [5, 5.41) is 34.6. The van der Waals surface area contributed by atoms with E-state index in [-0.39, 0.29) is 25.0 Å². The van der Waals surface area contributed by atoms with Crippen LogP contribution in [0.25, 0.3) is 0 Å². The van der Waals surface area contributed by atoms with Gasteiger partial charge in [0.25, 0.3) is 0 Å². The predicted molar refractivity (Wildman–Crippen MR) is 121 cm³/mol. The zero-order valence-corrected chi connectivity index (χ0v) is 19.3. The summed E-state index contributed by atoms with van der Waals surface area (Å²) in [5.41, 5.74) is 6.33. The number of phenols is 1. The van der Waals surface area contributed by atoms with Crippen LogP contribution in [-0.2, 0) is 30.4 Å². The third-order valence-electron chi connectivity index (χ3n) is 4.99. The molecule has 0 aliphatic carbocycles. The Morgan fingerprint density at radius 1 is 0.882 bits per heavy atom. The topological polar surface area (TPSA) is 208 Å². The largest absolute Gasteiger partial charge is 0.508 e. The third-order valence-corrected chi connectivity index (χ3v) is 4.99. The summed E-state index contributed by atoms with van der Waals surface area (Å²) in [7, 11) is 0. The maximum atomic E-state index is 13.1. The van der Waals surface area contributed by atoms with Crippen molar-refractivity contribution in [1.82, 2.24) is 16.0 Å². The number of benzene rings is 1. The molecule has 0 bridgehead atoms. The molecule has 0 aromatic heterocycles. The van der Waals surface area contributed by atoms with E-state index in [2.05, 4.69) is 16.0 Å². The molecule has 3 amide bonds. The van der Waals surface area contributed by atoms with E-state index in [1.54, 1.807) is 26.0 Å². The lowest BCUT2D eigenvalue weighted by Crippen LogP contribution is -2.58. The van der Waals surface area contributed by atoms with Crippen LogP contribution in [0.15, 0.2) is 24.3 Å². The molecule has 0 spiro atoms. The number of hydrogen-bond donors (Lipinski definition) is 7. The number of aliphatic carboxylic acids is 2. The van der Waals surface area contributed by atoms with Gasteiger partial charge < -0.3 is 37.0 Å². The highest BCUT2D eigenvalue weighted by Crippen LogP contribution is 2.12. The van der Waals surface area contributed by atoms with Gasteiger partial charge in [-0.2, -0.15) is 0 Å². The first kappa shape index (κ1) is 28.4. The van der Waals surface area contributed by atoms with Gasteiger partial charge in [-0.1, -0.05) is 26.0 Å². The van der Waals surface area contributed by atoms with E-state index in [1.807, 2.05) is 0 Å². The van der Waals surface area contributed by atoms with Crippen LogP contribution in [-0.4, -0.2) is 69.1 Å². The van der Waals surface area contributed by atoms with Crippen molar-refractivity contribution >= 4 is 29.7 Å². The van der Waals surface area contributed by atoms with E-state index in [1.165, 1.54) is 19.1 Å². The van der Waals surface area contributed by atoms with Crippen LogP contribution in [0.5, 0.6) is 5.75 Å². The van der Waals surface area contributed by atoms with E-state index in [4.69, 9.17) is 15.9 Å². The van der Waals surface area contributed by atoms with Crippen LogP contribution in [0.3, 0.4) is 0 Å². The van der Waals surface area contributed by atoms with Gasteiger partial charge in [-0.05, 0) is 37.0 Å². The predicted octanol–water partition coefficient (Wildman–Crippen LogP) is -0.658. The number of nitrogens with one attached hydrogen (secondary N) is 3. The van der Waals surface area contributed by atoms with Crippen molar-refractivity contribution in [1.29, 1.82) is 0 Å². The normalized spacial score (nSPS) is 14.4. The van der Waals surface area contributed by atoms with Crippen LogP contribution in [0, 0.1) is 5.92 Å². The minimum atomic E-state index is -1.24. The Balaban J connectivity index is 3.05. The first-order chi connectivity index (χ1) is 15.8. The molecular weight excluding hydrogens is 448 g/mol. The maximum Gasteiger partial charge on any atom is 0.325 e. The Morgan fingerprint density at radius 3 is 1.97 bits per heavy atom. The van der Waals surface area contributed by atoms with Crippen molar-refractivity contribution in [2.24, 2.45) is 11.7 Å². The molecule has 0 aliphatic rings. The van der Waals surface area contributed by atoms with Gasteiger partial charge in [-0.15, -0.1) is 0 Å². The molecule has 34 heavy (non-hydrogen) atoms. The van der Waals surface area contributed by atoms with E-state index < -0.39 is 59.7 Å². The molecule has 0 radical (unpaired) electrons. The Bertz CT molecular complexity index is 887. The van der Waals surface area contributed by atoms with Crippen LogP contribution in [0.1, 0.15) is 39.2 Å². The monoisotopic (exact) mass is 480 g/mol. The molecule has 4 unspecified atom stereocenters. The van der Waals surface area contributed by atoms with Crippen molar-refractivity contribution in [2.45, 2.75) is 64.2 Å². The average molecular weight is 481 g/mol. The van der Waals surface area contributed by atoms with Crippen LogP contribution >= 0.6 is 0 Å². The zero-order valence-electron chi connectivity index (χ0n) is 19.3. The summed E-state index contributed by atoms with van der Waals surface area (Å²) in [6, 6.07) is 1.29. The number of carboxylic acids is 2. The standard InChI is InChI=1S/C22H32N4O8/c1-11(2)18(21(32)24-12(3)22(33)34)26-20(31)16(10-13-4-6-14(27)7-5-13)25-19(30)15(23)8-9-17(28)29/h4-7,11-12,15-16,18,27H,8-10,23H2,1-3H3,(H,24,32)(H,25,30)(H,26,31)(H,28,29)(H,33,34). The van der Waals surface area contributed by atoms with E-state index in [0.29, 0.717) is 5.56 Å². The van der Waals surface area contributed by atoms with Gasteiger partial charge in [0, 0.05) is 12.8 Å². The summed E-state index contributed by atoms with van der Waals surface area (Å²) in [6.07, 6.45) is -0.485. The van der Waals surface area contributed by atoms with E-state index >= 15 is 0 Å². The molecule has 1 aromatic carbocycles. The number of hydrogen-bond acceptors (Lipinski definition) is 7. The molecule has 0 aliphatic heterocycles. The number of aromatic hydroxyl groups is 1. The summed E-state index contributed by atoms with van der Waals surface area (Å²) in [5.74, 6) is -4.93. The molecular formula is C22H32N4O8. The molecule has 4 atom stereocenters. The number of rotatable bonds is 13. The molecule has 0 saturated carbocycles. The molecule has 0 saturated heterocycles. The van der Waals surface area contributed by atoms with Gasteiger partial charge in [0.1, 0.15) is 23.9 Å². The molecule has 0 fully saturated rings. The lowest BCUT2D eigenvalue weighted by atomic mass is 10.00. The Morgan fingerprint density at radius 2 is 1.47 bits per heavy atom. The second kappa shape index (κ2) is 13.1. The van der Waals surface area contributed by atoms with Gasteiger partial charge in [0.05, 0.1) is 6.04 Å². The molecule has 8 N–H and O–H groups in total. The van der Waals surface area contributed by atoms with E-state index in [9.17, 15) is 29.1 Å². The fourth-order valence-electron chi connectivity index (χ4n) is 2.92. The first-order valence-electron chi connectivity index (χ1n) is 10.7. The van der Waals surface area contributed by atoms with Gasteiger partial charge in [0.15, 0.2) is 0 Å². The van der Waals surface area contributed by atoms with Crippen molar-refractivity contribution < 1.29 is 39.3 Å². The molecule has 188 valence electrons. The van der Waals surface area contributed by atoms with Crippen LogP contribution in [0.4, 0.5) is 0 Å². The molecule has 1 rings (SSSR count). The Labute approximate surface area is 196 Å². The summed E-state index contributed by atoms with van der Waals surface area (Å²) in [6.45, 7) is 4.60. The first-order valence-corrected chi connectivity index (χ1v) is 10.7. The van der Waals surface area contributed by atoms with Gasteiger partial charge in [-0.3, -0.25) is 24.0 Å². The number of carboxylic acid groups (broad SMARTS) is 2. The quantitative estimate of drug-likeness (QED) is 0.191. The number of carbonyl (C=O) groups is 5. The number of phenolic OH excluding ortho intramolecular Hbond substituents is 1. The van der Waals surface area contributed by atoms with Crippen molar-refractivity contribution in [2.75, 3.05) is 0 Å². The van der Waals surface area contributed by atoms with Crippen molar-refractivity contribution in [3.8, 4) is 5.75 Å². The summed E-state index contributed by atoms with van der Waals surface area (Å²) >= 11 is 0. The lowest BCUT2D eigenvalue weighted by molar-refractivity contribution is -0.142. The molecule has 0 heterocycles. The minimum absolute atomic E-state index is 0.00794. The second-order valence-corrected chi connectivity index (χ2v) is 8.27. The fraction of sp³-hybridized carbons (Fsp3) is 0.500. The Hall–Kier alpha value is -3.67. The number of carbonyl (C=O) groups excluding carboxylic acids is 3. The van der Waals surface area contributed by atoms with Crippen molar-refractivity contribution in [3.63, 3.8) is 0 Å². The highest BCUT2D eigenvalue weighted by molar-refractivity contribution is 5.94. The third kappa shape index (κ3) is 9.45. The fourth-order valence-corrected chi connectivity index (χ4v) is 2.92.